The van der Waals surface area contributed by atoms with Gasteiger partial charge < -0.3 is 10.1 Å². The van der Waals surface area contributed by atoms with Crippen molar-refractivity contribution in [1.29, 1.82) is 0 Å². The Kier molecular flexibility index (Phi) is 6.84. The number of ether oxygens (including phenoxy) is 1. The van der Waals surface area contributed by atoms with Crippen LogP contribution < -0.4 is 10.1 Å². The number of hydrogen-bond acceptors (Lipinski definition) is 5. The molecular weight excluding hydrogens is 340 g/mol. The van der Waals surface area contributed by atoms with E-state index < -0.39 is 9.84 Å². The Morgan fingerprint density at radius 2 is 2.08 bits per heavy atom. The predicted octanol–water partition coefficient (Wildman–Crippen LogP) is 1.25. The molecule has 140 valence electrons. The maximum absolute atomic E-state index is 12.1. The third-order valence-electron chi connectivity index (χ3n) is 4.28. The van der Waals surface area contributed by atoms with E-state index >= 15 is 0 Å². The standard InChI is InChI=1S/C18H28N2O4S/c1-14(2)24-17-7-5-4-6-15(17)8-10-19-18(21)12-20(3)16-9-11-25(22,23)13-16/h4-7,14,16H,8-13H2,1-3H3,(H,19,21). The maximum Gasteiger partial charge on any atom is 0.234 e. The molecule has 0 radical (unpaired) electrons. The number of rotatable bonds is 8. The van der Waals surface area contributed by atoms with Crippen LogP contribution in [0.1, 0.15) is 25.8 Å². The van der Waals surface area contributed by atoms with Crippen LogP contribution in [0.2, 0.25) is 0 Å². The molecule has 1 aliphatic heterocycles. The molecule has 1 atom stereocenters. The Balaban J connectivity index is 1.77. The molecule has 6 nitrogen and oxygen atoms in total. The van der Waals surface area contributed by atoms with Crippen molar-refractivity contribution in [3.05, 3.63) is 29.8 Å². The molecule has 0 spiro atoms. The average Bonchev–Trinajstić information content (AvgIpc) is 2.88. The van der Waals surface area contributed by atoms with Crippen molar-refractivity contribution in [2.45, 2.75) is 38.8 Å². The van der Waals surface area contributed by atoms with Gasteiger partial charge in [0, 0.05) is 12.6 Å². The fourth-order valence-corrected chi connectivity index (χ4v) is 4.76. The number of sulfone groups is 1. The van der Waals surface area contributed by atoms with Crippen molar-refractivity contribution >= 4 is 15.7 Å². The Labute approximate surface area is 150 Å². The molecule has 1 aromatic rings. The molecule has 1 heterocycles. The highest BCUT2D eigenvalue weighted by Gasteiger charge is 2.31. The summed E-state index contributed by atoms with van der Waals surface area (Å²) in [6, 6.07) is 7.77. The van der Waals surface area contributed by atoms with Gasteiger partial charge in [0.2, 0.25) is 5.91 Å². The van der Waals surface area contributed by atoms with Gasteiger partial charge in [-0.1, -0.05) is 18.2 Å². The Bertz CT molecular complexity index is 688. The fourth-order valence-electron chi connectivity index (χ4n) is 2.95. The number of carbonyl (C=O) groups excluding carboxylic acids is 1. The summed E-state index contributed by atoms with van der Waals surface area (Å²) in [7, 11) is -1.13. The molecule has 1 amide bonds. The zero-order valence-electron chi connectivity index (χ0n) is 15.2. The van der Waals surface area contributed by atoms with Crippen LogP contribution in [0.15, 0.2) is 24.3 Å². The highest BCUT2D eigenvalue weighted by atomic mass is 32.2. The minimum atomic E-state index is -2.93. The number of nitrogens with one attached hydrogen (secondary N) is 1. The van der Waals surface area contributed by atoms with Crippen LogP contribution in [0.5, 0.6) is 5.75 Å². The first kappa shape index (κ1) is 19.7. The van der Waals surface area contributed by atoms with Crippen molar-refractivity contribution in [1.82, 2.24) is 10.2 Å². The first-order valence-electron chi connectivity index (χ1n) is 8.69. The highest BCUT2D eigenvalue weighted by molar-refractivity contribution is 7.91. The largest absolute Gasteiger partial charge is 0.491 e. The minimum Gasteiger partial charge on any atom is -0.491 e. The number of para-hydroxylation sites is 1. The summed E-state index contributed by atoms with van der Waals surface area (Å²) in [5.74, 6) is 1.13. The molecule has 0 saturated carbocycles. The number of amides is 1. The van der Waals surface area contributed by atoms with Gasteiger partial charge in [-0.25, -0.2) is 8.42 Å². The van der Waals surface area contributed by atoms with E-state index in [9.17, 15) is 13.2 Å². The zero-order valence-corrected chi connectivity index (χ0v) is 16.0. The second kappa shape index (κ2) is 8.67. The van der Waals surface area contributed by atoms with E-state index in [0.717, 1.165) is 11.3 Å². The number of likely N-dealkylation sites (N-methyl/N-ethyl adjacent to an activating group) is 1. The van der Waals surface area contributed by atoms with Crippen molar-refractivity contribution in [3.63, 3.8) is 0 Å². The molecule has 1 N–H and O–H groups in total. The third kappa shape index (κ3) is 6.32. The summed E-state index contributed by atoms with van der Waals surface area (Å²) in [4.78, 5) is 13.9. The van der Waals surface area contributed by atoms with Gasteiger partial charge in [-0.15, -0.1) is 0 Å². The Hall–Kier alpha value is -1.60. The van der Waals surface area contributed by atoms with Gasteiger partial charge in [0.05, 0.1) is 24.2 Å². The molecule has 7 heteroatoms. The summed E-state index contributed by atoms with van der Waals surface area (Å²) >= 11 is 0. The molecule has 1 aliphatic rings. The Morgan fingerprint density at radius 3 is 2.72 bits per heavy atom. The lowest BCUT2D eigenvalue weighted by molar-refractivity contribution is -0.122. The monoisotopic (exact) mass is 368 g/mol. The molecule has 1 saturated heterocycles. The van der Waals surface area contributed by atoms with Gasteiger partial charge in [0.15, 0.2) is 9.84 Å². The molecule has 2 rings (SSSR count). The first-order valence-corrected chi connectivity index (χ1v) is 10.5. The second-order valence-corrected chi connectivity index (χ2v) is 9.07. The topological polar surface area (TPSA) is 75.7 Å². The molecule has 1 aromatic carbocycles. The number of nitrogens with zero attached hydrogens (tertiary/aromatic N) is 1. The molecule has 0 aromatic heterocycles. The van der Waals surface area contributed by atoms with Crippen LogP contribution >= 0.6 is 0 Å². The van der Waals surface area contributed by atoms with Crippen LogP contribution in [-0.4, -0.2) is 63.0 Å². The summed E-state index contributed by atoms with van der Waals surface area (Å²) in [5, 5.41) is 2.90. The second-order valence-electron chi connectivity index (χ2n) is 6.85. The lowest BCUT2D eigenvalue weighted by Crippen LogP contribution is -2.41. The van der Waals surface area contributed by atoms with E-state index in [1.807, 2.05) is 43.0 Å². The van der Waals surface area contributed by atoms with Gasteiger partial charge in [0.1, 0.15) is 5.75 Å². The number of carbonyl (C=O) groups is 1. The van der Waals surface area contributed by atoms with Gasteiger partial charge in [-0.2, -0.15) is 0 Å². The molecule has 1 unspecified atom stereocenters. The van der Waals surface area contributed by atoms with Crippen LogP contribution in [0.4, 0.5) is 0 Å². The summed E-state index contributed by atoms with van der Waals surface area (Å²) in [6.45, 7) is 4.70. The quantitative estimate of drug-likeness (QED) is 0.747. The van der Waals surface area contributed by atoms with E-state index in [4.69, 9.17) is 4.74 Å². The first-order chi connectivity index (χ1) is 11.8. The van der Waals surface area contributed by atoms with Crippen molar-refractivity contribution in [3.8, 4) is 5.75 Å². The highest BCUT2D eigenvalue weighted by Crippen LogP contribution is 2.19. The molecule has 25 heavy (non-hydrogen) atoms. The lowest BCUT2D eigenvalue weighted by Gasteiger charge is -2.22. The van der Waals surface area contributed by atoms with Crippen LogP contribution in [0, 0.1) is 0 Å². The SMILES string of the molecule is CC(C)Oc1ccccc1CCNC(=O)CN(C)C1CCS(=O)(=O)C1. The van der Waals surface area contributed by atoms with Gasteiger partial charge >= 0.3 is 0 Å². The predicted molar refractivity (Wildman–Crippen MR) is 98.6 cm³/mol. The van der Waals surface area contributed by atoms with Crippen LogP contribution in [0.3, 0.4) is 0 Å². The van der Waals surface area contributed by atoms with E-state index in [1.165, 1.54) is 0 Å². The zero-order chi connectivity index (χ0) is 18.4. The summed E-state index contributed by atoms with van der Waals surface area (Å²) in [6.07, 6.45) is 1.40. The fraction of sp³-hybridized carbons (Fsp3) is 0.611. The third-order valence-corrected chi connectivity index (χ3v) is 6.03. The normalized spacial score (nSPS) is 19.3. The number of benzene rings is 1. The molecule has 1 fully saturated rings. The molecule has 0 aliphatic carbocycles. The van der Waals surface area contributed by atoms with Crippen molar-refractivity contribution in [2.24, 2.45) is 0 Å². The van der Waals surface area contributed by atoms with E-state index in [0.29, 0.717) is 19.4 Å². The summed E-state index contributed by atoms with van der Waals surface area (Å²) in [5.41, 5.74) is 1.06. The van der Waals surface area contributed by atoms with Crippen molar-refractivity contribution in [2.75, 3.05) is 31.6 Å². The van der Waals surface area contributed by atoms with Gasteiger partial charge in [-0.05, 0) is 45.4 Å². The van der Waals surface area contributed by atoms with Gasteiger partial charge in [-0.3, -0.25) is 9.69 Å². The van der Waals surface area contributed by atoms with Crippen molar-refractivity contribution < 1.29 is 17.9 Å². The maximum atomic E-state index is 12.1. The van der Waals surface area contributed by atoms with Gasteiger partial charge in [0.25, 0.3) is 0 Å². The van der Waals surface area contributed by atoms with E-state index in [1.54, 1.807) is 7.05 Å². The lowest BCUT2D eigenvalue weighted by atomic mass is 10.1. The molecule has 0 bridgehead atoms. The molecular formula is C18H28N2O4S. The van der Waals surface area contributed by atoms with Crippen LogP contribution in [-0.2, 0) is 21.1 Å². The Morgan fingerprint density at radius 1 is 1.36 bits per heavy atom. The number of hydrogen-bond donors (Lipinski definition) is 1. The minimum absolute atomic E-state index is 0.0593. The van der Waals surface area contributed by atoms with E-state index in [-0.39, 0.29) is 36.1 Å². The smallest absolute Gasteiger partial charge is 0.234 e. The summed E-state index contributed by atoms with van der Waals surface area (Å²) < 4.78 is 28.8. The van der Waals surface area contributed by atoms with Crippen LogP contribution in [0.25, 0.3) is 0 Å². The average molecular weight is 368 g/mol. The van der Waals surface area contributed by atoms with E-state index in [2.05, 4.69) is 5.32 Å².